The van der Waals surface area contributed by atoms with Gasteiger partial charge in [0.25, 0.3) is 11.8 Å². The number of nitrogens with one attached hydrogen (secondary N) is 1. The van der Waals surface area contributed by atoms with Crippen LogP contribution >= 0.6 is 0 Å². The summed E-state index contributed by atoms with van der Waals surface area (Å²) >= 11 is 0. The van der Waals surface area contributed by atoms with Crippen LogP contribution in [0.4, 0.5) is 0 Å². The van der Waals surface area contributed by atoms with E-state index in [1.807, 2.05) is 6.92 Å². The van der Waals surface area contributed by atoms with Gasteiger partial charge in [-0.3, -0.25) is 24.7 Å². The number of rotatable bonds is 1. The maximum absolute atomic E-state index is 12.5. The first-order valence-electron chi connectivity index (χ1n) is 6.65. The number of amides is 3. The summed E-state index contributed by atoms with van der Waals surface area (Å²) in [6.45, 7) is 2.27. The van der Waals surface area contributed by atoms with Gasteiger partial charge in [-0.2, -0.15) is 0 Å². The molecule has 1 saturated carbocycles. The summed E-state index contributed by atoms with van der Waals surface area (Å²) in [6, 6.07) is 1.70. The molecule has 1 N–H and O–H groups in total. The molecule has 4 aliphatic rings. The Morgan fingerprint density at radius 1 is 1.35 bits per heavy atom. The highest BCUT2D eigenvalue weighted by atomic mass is 16.2. The summed E-state index contributed by atoms with van der Waals surface area (Å²) in [6.07, 6.45) is 2.51. The zero-order chi connectivity index (χ0) is 14.1. The van der Waals surface area contributed by atoms with E-state index in [2.05, 4.69) is 10.3 Å². The number of pyridine rings is 1. The van der Waals surface area contributed by atoms with Crippen molar-refractivity contribution in [2.75, 3.05) is 0 Å². The molecule has 0 spiro atoms. The average Bonchev–Trinajstić information content (AvgIpc) is 2.68. The molecule has 1 aromatic heterocycles. The van der Waals surface area contributed by atoms with Gasteiger partial charge in [0.2, 0.25) is 5.91 Å². The fourth-order valence-corrected chi connectivity index (χ4v) is 3.52. The predicted molar refractivity (Wildman–Crippen MR) is 67.5 cm³/mol. The number of nitrogens with zero attached hydrogens (tertiary/aromatic N) is 2. The molecular weight excluding hydrogens is 258 g/mol. The summed E-state index contributed by atoms with van der Waals surface area (Å²) in [7, 11) is 0. The molecule has 3 fully saturated rings. The van der Waals surface area contributed by atoms with E-state index in [1.54, 1.807) is 17.2 Å². The summed E-state index contributed by atoms with van der Waals surface area (Å²) in [5.74, 6) is -0.812. The Labute approximate surface area is 115 Å². The molecule has 2 saturated heterocycles. The third-order valence-corrected chi connectivity index (χ3v) is 4.78. The van der Waals surface area contributed by atoms with Crippen molar-refractivity contribution in [2.24, 2.45) is 5.92 Å². The molecule has 5 rings (SSSR count). The van der Waals surface area contributed by atoms with Crippen molar-refractivity contribution in [1.82, 2.24) is 15.2 Å². The first kappa shape index (κ1) is 11.6. The average molecular weight is 271 g/mol. The predicted octanol–water partition coefficient (Wildman–Crippen LogP) is 0.151. The minimum Gasteiger partial charge on any atom is -0.319 e. The smallest absolute Gasteiger partial charge is 0.255 e. The Hall–Kier alpha value is -2.24. The first-order chi connectivity index (χ1) is 9.53. The second-order valence-electron chi connectivity index (χ2n) is 5.77. The summed E-state index contributed by atoms with van der Waals surface area (Å²) in [4.78, 5) is 42.1. The van der Waals surface area contributed by atoms with Crippen LogP contribution in [0.1, 0.15) is 34.5 Å². The minimum atomic E-state index is -0.832. The summed E-state index contributed by atoms with van der Waals surface area (Å²) < 4.78 is 0. The molecule has 3 amide bonds. The van der Waals surface area contributed by atoms with Gasteiger partial charge in [0.1, 0.15) is 5.54 Å². The molecule has 0 aromatic carbocycles. The molecule has 3 aliphatic heterocycles. The van der Waals surface area contributed by atoms with Gasteiger partial charge in [-0.25, -0.2) is 0 Å². The van der Waals surface area contributed by atoms with Crippen LogP contribution in [0.5, 0.6) is 0 Å². The Morgan fingerprint density at radius 3 is 2.75 bits per heavy atom. The molecule has 102 valence electrons. The molecule has 6 nitrogen and oxygen atoms in total. The number of carbonyl (C=O) groups is 3. The quantitative estimate of drug-likeness (QED) is 0.737. The van der Waals surface area contributed by atoms with E-state index in [1.165, 1.54) is 0 Å². The van der Waals surface area contributed by atoms with Gasteiger partial charge in [0.05, 0.1) is 0 Å². The fraction of sp³-hybridized carbons (Fsp3) is 0.429. The van der Waals surface area contributed by atoms with E-state index in [0.717, 1.165) is 11.3 Å². The highest BCUT2D eigenvalue weighted by Crippen LogP contribution is 2.48. The normalized spacial score (nSPS) is 30.9. The Bertz CT molecular complexity index is 676. The van der Waals surface area contributed by atoms with Crippen molar-refractivity contribution in [1.29, 1.82) is 0 Å². The topological polar surface area (TPSA) is 79.4 Å². The van der Waals surface area contributed by atoms with Crippen LogP contribution in [-0.4, -0.2) is 33.1 Å². The van der Waals surface area contributed by atoms with E-state index in [4.69, 9.17) is 0 Å². The second kappa shape index (κ2) is 3.45. The van der Waals surface area contributed by atoms with Crippen LogP contribution in [0.2, 0.25) is 0 Å². The molecule has 1 aromatic rings. The standard InChI is InChI=1S/C14H13N3O3/c1-7-10-6-17(12(19)9(10)2-3-15-7)14-4-8(5-14)11(18)16-13(14)20/h2-3,8H,4-6H2,1H3,(H,16,18,20). The SMILES string of the molecule is Cc1nccc2c1CN(C13CC(C1)C(=O)NC3=O)C2=O. The number of hydrogen-bond acceptors (Lipinski definition) is 4. The van der Waals surface area contributed by atoms with Gasteiger partial charge in [-0.05, 0) is 25.8 Å². The van der Waals surface area contributed by atoms with Crippen LogP contribution < -0.4 is 5.32 Å². The van der Waals surface area contributed by atoms with Crippen LogP contribution in [0.25, 0.3) is 0 Å². The van der Waals surface area contributed by atoms with Gasteiger partial charge < -0.3 is 4.90 Å². The number of hydrogen-bond donors (Lipinski definition) is 1. The molecule has 0 radical (unpaired) electrons. The van der Waals surface area contributed by atoms with Gasteiger partial charge in [0.15, 0.2) is 0 Å². The van der Waals surface area contributed by atoms with Crippen molar-refractivity contribution in [3.8, 4) is 0 Å². The molecular formula is C14H13N3O3. The second-order valence-corrected chi connectivity index (χ2v) is 5.77. The van der Waals surface area contributed by atoms with Crippen LogP contribution in [-0.2, 0) is 16.1 Å². The number of imide groups is 1. The molecule has 6 heteroatoms. The molecule has 4 heterocycles. The molecule has 20 heavy (non-hydrogen) atoms. The lowest BCUT2D eigenvalue weighted by atomic mass is 9.63. The van der Waals surface area contributed by atoms with Crippen molar-refractivity contribution in [2.45, 2.75) is 31.8 Å². The van der Waals surface area contributed by atoms with Crippen molar-refractivity contribution < 1.29 is 14.4 Å². The van der Waals surface area contributed by atoms with E-state index in [9.17, 15) is 14.4 Å². The van der Waals surface area contributed by atoms with Gasteiger partial charge in [-0.1, -0.05) is 0 Å². The third kappa shape index (κ3) is 1.19. The Balaban J connectivity index is 1.73. The van der Waals surface area contributed by atoms with Gasteiger partial charge in [0, 0.05) is 35.5 Å². The van der Waals surface area contributed by atoms with Crippen molar-refractivity contribution >= 4 is 17.7 Å². The summed E-state index contributed by atoms with van der Waals surface area (Å²) in [5, 5.41) is 2.37. The monoisotopic (exact) mass is 271 g/mol. The maximum Gasteiger partial charge on any atom is 0.255 e. The first-order valence-corrected chi connectivity index (χ1v) is 6.65. The highest BCUT2D eigenvalue weighted by Gasteiger charge is 2.63. The van der Waals surface area contributed by atoms with Crippen molar-refractivity contribution in [3.63, 3.8) is 0 Å². The Kier molecular flexibility index (Phi) is 1.99. The van der Waals surface area contributed by atoms with Crippen LogP contribution in [0, 0.1) is 12.8 Å². The summed E-state index contributed by atoms with van der Waals surface area (Å²) in [5.41, 5.74) is 1.50. The maximum atomic E-state index is 12.5. The highest BCUT2D eigenvalue weighted by molar-refractivity contribution is 6.10. The minimum absolute atomic E-state index is 0.131. The fourth-order valence-electron chi connectivity index (χ4n) is 3.52. The number of fused-ring (bicyclic) bond motifs is 3. The lowest BCUT2D eigenvalue weighted by Crippen LogP contribution is -2.73. The molecule has 2 bridgehead atoms. The van der Waals surface area contributed by atoms with Crippen LogP contribution in [0.3, 0.4) is 0 Å². The van der Waals surface area contributed by atoms with Gasteiger partial charge >= 0.3 is 0 Å². The third-order valence-electron chi connectivity index (χ3n) is 4.78. The molecule has 0 atom stereocenters. The van der Waals surface area contributed by atoms with E-state index >= 15 is 0 Å². The zero-order valence-electron chi connectivity index (χ0n) is 11.0. The van der Waals surface area contributed by atoms with E-state index in [-0.39, 0.29) is 23.6 Å². The van der Waals surface area contributed by atoms with Crippen molar-refractivity contribution in [3.05, 3.63) is 29.1 Å². The number of piperidine rings is 2. The zero-order valence-corrected chi connectivity index (χ0v) is 11.0. The van der Waals surface area contributed by atoms with Crippen LogP contribution in [0.15, 0.2) is 12.3 Å². The lowest BCUT2D eigenvalue weighted by molar-refractivity contribution is -0.160. The largest absolute Gasteiger partial charge is 0.319 e. The van der Waals surface area contributed by atoms with Gasteiger partial charge in [-0.15, -0.1) is 0 Å². The van der Waals surface area contributed by atoms with E-state index < -0.39 is 5.54 Å². The Morgan fingerprint density at radius 2 is 2.10 bits per heavy atom. The number of carbonyl (C=O) groups excluding carboxylic acids is 3. The molecule has 1 aliphatic carbocycles. The number of aromatic nitrogens is 1. The lowest BCUT2D eigenvalue weighted by Gasteiger charge is -2.53. The number of aryl methyl sites for hydroxylation is 1. The van der Waals surface area contributed by atoms with E-state index in [0.29, 0.717) is 24.9 Å². The molecule has 0 unspecified atom stereocenters.